The van der Waals surface area contributed by atoms with Gasteiger partial charge in [0.2, 0.25) is 5.91 Å². The number of aromatic nitrogens is 2. The van der Waals surface area contributed by atoms with E-state index < -0.39 is 0 Å². The van der Waals surface area contributed by atoms with Crippen LogP contribution in [0, 0.1) is 0 Å². The van der Waals surface area contributed by atoms with Gasteiger partial charge in [0.1, 0.15) is 5.82 Å². The van der Waals surface area contributed by atoms with E-state index in [1.165, 1.54) is 11.8 Å². The predicted molar refractivity (Wildman–Crippen MR) is 108 cm³/mol. The maximum atomic E-state index is 12.9. The lowest BCUT2D eigenvalue weighted by atomic mass is 9.94. The minimum atomic E-state index is -0.300. The fourth-order valence-corrected chi connectivity index (χ4v) is 5.34. The zero-order valence-electron chi connectivity index (χ0n) is 15.3. The van der Waals surface area contributed by atoms with Crippen molar-refractivity contribution in [3.05, 3.63) is 50.8 Å². The molecule has 1 aromatic heterocycles. The molecule has 2 aliphatic heterocycles. The van der Waals surface area contributed by atoms with Crippen LogP contribution in [0.25, 0.3) is 0 Å². The van der Waals surface area contributed by atoms with E-state index in [1.807, 2.05) is 42.8 Å². The molecule has 1 saturated heterocycles. The fraction of sp³-hybridized carbons (Fsp3) is 0.474. The van der Waals surface area contributed by atoms with E-state index in [4.69, 9.17) is 16.3 Å². The number of rotatable bonds is 2. The molecular formula is C19H22ClN3O3S. The Bertz CT molecular complexity index is 937. The molecule has 1 fully saturated rings. The first-order valence-electron chi connectivity index (χ1n) is 9.00. The first-order chi connectivity index (χ1) is 12.9. The molecule has 4 rings (SSSR count). The Hall–Kier alpha value is -1.70. The van der Waals surface area contributed by atoms with E-state index in [1.54, 1.807) is 0 Å². The molecule has 1 aromatic carbocycles. The predicted octanol–water partition coefficient (Wildman–Crippen LogP) is 3.73. The summed E-state index contributed by atoms with van der Waals surface area (Å²) in [6.07, 6.45) is 1.53. The summed E-state index contributed by atoms with van der Waals surface area (Å²) in [6, 6.07) is 7.53. The Morgan fingerprint density at radius 2 is 2.07 bits per heavy atom. The molecule has 0 aliphatic carbocycles. The second-order valence-corrected chi connectivity index (χ2v) is 9.09. The SMILES string of the molecule is CC1(C)C[C@H](n2[nH]c(=O)c3c2NC(=O)CS[C@@H]3c2ccccc2Cl)CCO1. The van der Waals surface area contributed by atoms with E-state index in [2.05, 4.69) is 10.4 Å². The lowest BCUT2D eigenvalue weighted by Gasteiger charge is -2.36. The topological polar surface area (TPSA) is 76.1 Å². The van der Waals surface area contributed by atoms with E-state index in [-0.39, 0.29) is 34.1 Å². The lowest BCUT2D eigenvalue weighted by molar-refractivity contribution is -0.113. The van der Waals surface area contributed by atoms with Crippen LogP contribution in [0.5, 0.6) is 0 Å². The molecule has 1 amide bonds. The molecule has 2 aliphatic rings. The van der Waals surface area contributed by atoms with Crippen molar-refractivity contribution in [2.75, 3.05) is 17.7 Å². The highest BCUT2D eigenvalue weighted by Crippen LogP contribution is 2.43. The quantitative estimate of drug-likeness (QED) is 0.795. The second-order valence-electron chi connectivity index (χ2n) is 7.59. The molecule has 2 aromatic rings. The van der Waals surface area contributed by atoms with Crippen LogP contribution in [0.3, 0.4) is 0 Å². The number of carbonyl (C=O) groups is 1. The van der Waals surface area contributed by atoms with Gasteiger partial charge in [-0.3, -0.25) is 19.4 Å². The van der Waals surface area contributed by atoms with Gasteiger partial charge < -0.3 is 10.1 Å². The zero-order valence-corrected chi connectivity index (χ0v) is 16.8. The van der Waals surface area contributed by atoms with Gasteiger partial charge in [-0.2, -0.15) is 0 Å². The molecule has 2 atom stereocenters. The third-order valence-electron chi connectivity index (χ3n) is 5.09. The van der Waals surface area contributed by atoms with E-state index in [0.717, 1.165) is 18.4 Å². The zero-order chi connectivity index (χ0) is 19.2. The molecule has 0 unspecified atom stereocenters. The first kappa shape index (κ1) is 18.7. The maximum Gasteiger partial charge on any atom is 0.270 e. The summed E-state index contributed by atoms with van der Waals surface area (Å²) < 4.78 is 7.63. The van der Waals surface area contributed by atoms with Gasteiger partial charge in [-0.15, -0.1) is 11.8 Å². The number of halogens is 1. The summed E-state index contributed by atoms with van der Waals surface area (Å²) in [5.74, 6) is 0.709. The van der Waals surface area contributed by atoms with Gasteiger partial charge in [0.05, 0.1) is 28.2 Å². The number of nitrogens with zero attached hydrogens (tertiary/aromatic N) is 1. The van der Waals surface area contributed by atoms with E-state index in [9.17, 15) is 9.59 Å². The Morgan fingerprint density at radius 1 is 1.30 bits per heavy atom. The van der Waals surface area contributed by atoms with Crippen molar-refractivity contribution in [1.82, 2.24) is 9.78 Å². The van der Waals surface area contributed by atoms with Crippen molar-refractivity contribution in [3.8, 4) is 0 Å². The number of nitrogens with one attached hydrogen (secondary N) is 2. The average Bonchev–Trinajstić information content (AvgIpc) is 2.81. The highest BCUT2D eigenvalue weighted by atomic mass is 35.5. The van der Waals surface area contributed by atoms with Crippen molar-refractivity contribution in [1.29, 1.82) is 0 Å². The number of anilines is 1. The van der Waals surface area contributed by atoms with Gasteiger partial charge in [-0.25, -0.2) is 0 Å². The van der Waals surface area contributed by atoms with E-state index in [0.29, 0.717) is 23.0 Å². The monoisotopic (exact) mass is 407 g/mol. The number of amides is 1. The number of H-pyrrole nitrogens is 1. The van der Waals surface area contributed by atoms with Gasteiger partial charge in [0.25, 0.3) is 5.56 Å². The van der Waals surface area contributed by atoms with Crippen LogP contribution < -0.4 is 10.9 Å². The Balaban J connectivity index is 1.83. The number of carbonyl (C=O) groups excluding carboxylic acids is 1. The Kier molecular flexibility index (Phi) is 4.86. The van der Waals surface area contributed by atoms with Crippen LogP contribution >= 0.6 is 23.4 Å². The number of fused-ring (bicyclic) bond motifs is 1. The third-order valence-corrected chi connectivity index (χ3v) is 6.68. The Labute approximate surface area is 166 Å². The second kappa shape index (κ2) is 7.04. The summed E-state index contributed by atoms with van der Waals surface area (Å²) in [5, 5.41) is 6.20. The van der Waals surface area contributed by atoms with Crippen LogP contribution in [-0.2, 0) is 9.53 Å². The van der Waals surface area contributed by atoms with Gasteiger partial charge in [0, 0.05) is 11.6 Å². The minimum Gasteiger partial charge on any atom is -0.375 e. The van der Waals surface area contributed by atoms with Crippen molar-refractivity contribution < 1.29 is 9.53 Å². The summed E-state index contributed by atoms with van der Waals surface area (Å²) in [7, 11) is 0. The summed E-state index contributed by atoms with van der Waals surface area (Å²) in [5.41, 5.74) is 0.942. The number of hydrogen-bond acceptors (Lipinski definition) is 4. The van der Waals surface area contributed by atoms with Crippen molar-refractivity contribution >= 4 is 35.1 Å². The summed E-state index contributed by atoms with van der Waals surface area (Å²) in [4.78, 5) is 25.3. The number of benzene rings is 1. The third kappa shape index (κ3) is 3.56. The first-order valence-corrected chi connectivity index (χ1v) is 10.4. The van der Waals surface area contributed by atoms with Crippen LogP contribution in [0.2, 0.25) is 5.02 Å². The van der Waals surface area contributed by atoms with Crippen molar-refractivity contribution in [2.24, 2.45) is 0 Å². The number of ether oxygens (including phenoxy) is 1. The molecule has 0 radical (unpaired) electrons. The van der Waals surface area contributed by atoms with Gasteiger partial charge in [-0.1, -0.05) is 29.8 Å². The highest BCUT2D eigenvalue weighted by Gasteiger charge is 2.36. The summed E-state index contributed by atoms with van der Waals surface area (Å²) in [6.45, 7) is 4.70. The number of hydrogen-bond donors (Lipinski definition) is 2. The average molecular weight is 408 g/mol. The molecular weight excluding hydrogens is 386 g/mol. The molecule has 144 valence electrons. The largest absolute Gasteiger partial charge is 0.375 e. The highest BCUT2D eigenvalue weighted by molar-refractivity contribution is 8.00. The Morgan fingerprint density at radius 3 is 2.81 bits per heavy atom. The van der Waals surface area contributed by atoms with Crippen LogP contribution in [0.15, 0.2) is 29.1 Å². The molecule has 6 nitrogen and oxygen atoms in total. The lowest BCUT2D eigenvalue weighted by Crippen LogP contribution is -2.36. The molecule has 27 heavy (non-hydrogen) atoms. The molecule has 0 bridgehead atoms. The van der Waals surface area contributed by atoms with E-state index >= 15 is 0 Å². The van der Waals surface area contributed by atoms with Gasteiger partial charge in [-0.05, 0) is 38.3 Å². The van der Waals surface area contributed by atoms with Crippen molar-refractivity contribution in [3.63, 3.8) is 0 Å². The maximum absolute atomic E-state index is 12.9. The smallest absolute Gasteiger partial charge is 0.270 e. The molecule has 2 N–H and O–H groups in total. The van der Waals surface area contributed by atoms with Crippen molar-refractivity contribution in [2.45, 2.75) is 43.6 Å². The standard InChI is InChI=1S/C19H22ClN3O3S/c1-19(2)9-11(7-8-26-19)23-17-15(18(25)22-23)16(27-10-14(24)21-17)12-5-3-4-6-13(12)20/h3-6,11,16H,7-10H2,1-2H3,(H,21,24)(H,22,25)/t11-,16-/m1/s1. The van der Waals surface area contributed by atoms with Gasteiger partial charge >= 0.3 is 0 Å². The fourth-order valence-electron chi connectivity index (χ4n) is 3.87. The number of aromatic amines is 1. The van der Waals surface area contributed by atoms with Crippen LogP contribution in [0.1, 0.15) is 49.1 Å². The molecule has 0 spiro atoms. The number of thioether (sulfide) groups is 1. The van der Waals surface area contributed by atoms with Gasteiger partial charge in [0.15, 0.2) is 0 Å². The molecule has 3 heterocycles. The normalized spacial score (nSPS) is 24.8. The van der Waals surface area contributed by atoms with Crippen LogP contribution in [0.4, 0.5) is 5.82 Å². The van der Waals surface area contributed by atoms with Crippen LogP contribution in [-0.4, -0.2) is 33.6 Å². The molecule has 0 saturated carbocycles. The minimum absolute atomic E-state index is 0.0560. The summed E-state index contributed by atoms with van der Waals surface area (Å²) >= 11 is 7.83. The molecule has 8 heteroatoms.